The van der Waals surface area contributed by atoms with Gasteiger partial charge in [-0.3, -0.25) is 0 Å². The van der Waals surface area contributed by atoms with Gasteiger partial charge in [0.15, 0.2) is 5.82 Å². The third kappa shape index (κ3) is 6.60. The highest BCUT2D eigenvalue weighted by atomic mass is 16.6. The Morgan fingerprint density at radius 2 is 1.80 bits per heavy atom. The number of ether oxygens (including phenoxy) is 3. The third-order valence-corrected chi connectivity index (χ3v) is 6.27. The average Bonchev–Trinajstić information content (AvgIpc) is 3.51. The molecule has 1 amide bonds. The number of aromatic nitrogens is 4. The van der Waals surface area contributed by atoms with E-state index in [1.807, 2.05) is 78.5 Å². The van der Waals surface area contributed by atoms with Crippen molar-refractivity contribution >= 4 is 17.0 Å². The van der Waals surface area contributed by atoms with Crippen LogP contribution >= 0.6 is 0 Å². The molecule has 0 unspecified atom stereocenters. The molecule has 41 heavy (non-hydrogen) atoms. The molecule has 0 aliphatic heterocycles. The number of nitrogens with one attached hydrogen (secondary N) is 2. The molecule has 0 saturated carbocycles. The van der Waals surface area contributed by atoms with Crippen molar-refractivity contribution in [1.82, 2.24) is 24.6 Å². The van der Waals surface area contributed by atoms with Crippen molar-refractivity contribution in [1.29, 1.82) is 0 Å². The first-order valence-electron chi connectivity index (χ1n) is 13.3. The van der Waals surface area contributed by atoms with Crippen molar-refractivity contribution in [3.05, 3.63) is 95.0 Å². The Morgan fingerprint density at radius 3 is 2.59 bits per heavy atom. The van der Waals surface area contributed by atoms with Crippen LogP contribution in [0.25, 0.3) is 28.0 Å². The second-order valence-electron chi connectivity index (χ2n) is 10.6. The van der Waals surface area contributed by atoms with Gasteiger partial charge in [0.25, 0.3) is 0 Å². The highest BCUT2D eigenvalue weighted by Gasteiger charge is 2.19. The van der Waals surface area contributed by atoms with Crippen LogP contribution in [-0.2, 0) is 18.4 Å². The standard InChI is InChI=1S/C31H33N5O5/c1-31(2,3)41-30(38)32-15-17-39-24-11-12-25(27(19-24)40-20-21-8-6-5-7-9-21)28-33-34-29(37)36(28)23-10-13-26-22(18-23)14-16-35(26)4/h5-14,16,18-19H,15,17,20H2,1-4H3,(H,32,38)(H,34,37). The number of aryl methyl sites for hydroxylation is 1. The van der Waals surface area contributed by atoms with Gasteiger partial charge >= 0.3 is 11.8 Å². The zero-order valence-electron chi connectivity index (χ0n) is 23.5. The van der Waals surface area contributed by atoms with Gasteiger partial charge in [0.1, 0.15) is 30.3 Å². The SMILES string of the molecule is Cn1ccc2cc(-n3c(-c4ccc(OCCNC(=O)OC(C)(C)C)cc4OCc4ccccc4)n[nH]c3=O)ccc21. The quantitative estimate of drug-likeness (QED) is 0.242. The summed E-state index contributed by atoms with van der Waals surface area (Å²) < 4.78 is 21.0. The molecule has 10 nitrogen and oxygen atoms in total. The van der Waals surface area contributed by atoms with Gasteiger partial charge in [-0.05, 0) is 62.7 Å². The summed E-state index contributed by atoms with van der Waals surface area (Å²) in [4.78, 5) is 24.9. The van der Waals surface area contributed by atoms with Crippen LogP contribution in [0.15, 0.2) is 83.8 Å². The number of alkyl carbamates (subject to hydrolysis) is 1. The average molecular weight is 556 g/mol. The van der Waals surface area contributed by atoms with Crippen LogP contribution in [0, 0.1) is 0 Å². The molecule has 10 heteroatoms. The smallest absolute Gasteiger partial charge is 0.407 e. The van der Waals surface area contributed by atoms with E-state index in [0.29, 0.717) is 35.2 Å². The summed E-state index contributed by atoms with van der Waals surface area (Å²) in [5.41, 5.74) is 2.40. The van der Waals surface area contributed by atoms with Gasteiger partial charge in [0.05, 0.1) is 17.8 Å². The van der Waals surface area contributed by atoms with E-state index in [4.69, 9.17) is 14.2 Å². The Balaban J connectivity index is 1.42. The largest absolute Gasteiger partial charge is 0.492 e. The first-order valence-corrected chi connectivity index (χ1v) is 13.3. The molecule has 0 spiro atoms. The molecule has 0 bridgehead atoms. The summed E-state index contributed by atoms with van der Waals surface area (Å²) in [5, 5.41) is 10.6. The summed E-state index contributed by atoms with van der Waals surface area (Å²) in [6.45, 7) is 6.21. The molecule has 0 aliphatic rings. The van der Waals surface area contributed by atoms with Crippen molar-refractivity contribution in [3.8, 4) is 28.6 Å². The van der Waals surface area contributed by atoms with Crippen LogP contribution in [0.5, 0.6) is 11.5 Å². The second kappa shape index (κ2) is 11.6. The Bertz CT molecular complexity index is 1710. The van der Waals surface area contributed by atoms with Crippen molar-refractivity contribution in [2.24, 2.45) is 7.05 Å². The highest BCUT2D eigenvalue weighted by Crippen LogP contribution is 2.34. The van der Waals surface area contributed by atoms with E-state index >= 15 is 0 Å². The van der Waals surface area contributed by atoms with E-state index in [-0.39, 0.29) is 18.8 Å². The predicted octanol–water partition coefficient (Wildman–Crippen LogP) is 5.20. The fourth-order valence-corrected chi connectivity index (χ4v) is 4.39. The number of H-pyrrole nitrogens is 1. The first kappa shape index (κ1) is 27.6. The summed E-state index contributed by atoms with van der Waals surface area (Å²) in [6.07, 6.45) is 1.47. The number of benzene rings is 3. The lowest BCUT2D eigenvalue weighted by molar-refractivity contribution is 0.0520. The molecule has 0 fully saturated rings. The van der Waals surface area contributed by atoms with E-state index in [2.05, 4.69) is 15.5 Å². The first-order chi connectivity index (χ1) is 19.7. The molecule has 0 atom stereocenters. The van der Waals surface area contributed by atoms with E-state index in [1.165, 1.54) is 4.57 Å². The van der Waals surface area contributed by atoms with E-state index in [0.717, 1.165) is 16.5 Å². The number of fused-ring (bicyclic) bond motifs is 1. The molecule has 5 rings (SSSR count). The minimum Gasteiger partial charge on any atom is -0.492 e. The zero-order valence-corrected chi connectivity index (χ0v) is 23.5. The molecule has 0 radical (unpaired) electrons. The lowest BCUT2D eigenvalue weighted by atomic mass is 10.1. The lowest BCUT2D eigenvalue weighted by Crippen LogP contribution is -2.34. The van der Waals surface area contributed by atoms with Gasteiger partial charge in [-0.1, -0.05) is 30.3 Å². The van der Waals surface area contributed by atoms with Crippen molar-refractivity contribution in [2.45, 2.75) is 33.0 Å². The maximum atomic E-state index is 13.0. The number of amides is 1. The van der Waals surface area contributed by atoms with Gasteiger partial charge < -0.3 is 24.1 Å². The summed E-state index contributed by atoms with van der Waals surface area (Å²) >= 11 is 0. The summed E-state index contributed by atoms with van der Waals surface area (Å²) in [6, 6.07) is 23.0. The van der Waals surface area contributed by atoms with Crippen LogP contribution in [0.4, 0.5) is 4.79 Å². The minimum atomic E-state index is -0.578. The predicted molar refractivity (Wildman–Crippen MR) is 157 cm³/mol. The Morgan fingerprint density at radius 1 is 1.00 bits per heavy atom. The molecule has 3 aromatic carbocycles. The molecule has 5 aromatic rings. The Hall–Kier alpha value is -4.99. The third-order valence-electron chi connectivity index (χ3n) is 6.27. The molecule has 2 N–H and O–H groups in total. The number of hydrogen-bond acceptors (Lipinski definition) is 6. The van der Waals surface area contributed by atoms with E-state index in [1.54, 1.807) is 32.9 Å². The number of rotatable bonds is 9. The number of nitrogens with zero attached hydrogens (tertiary/aromatic N) is 3. The van der Waals surface area contributed by atoms with E-state index in [9.17, 15) is 9.59 Å². The molecular formula is C31H33N5O5. The number of aromatic amines is 1. The molecule has 0 saturated heterocycles. The molecule has 212 valence electrons. The van der Waals surface area contributed by atoms with Gasteiger partial charge in [0.2, 0.25) is 0 Å². The normalized spacial score (nSPS) is 11.4. The fourth-order valence-electron chi connectivity index (χ4n) is 4.39. The molecule has 2 aromatic heterocycles. The van der Waals surface area contributed by atoms with Gasteiger partial charge in [0, 0.05) is 30.2 Å². The van der Waals surface area contributed by atoms with Crippen LogP contribution in [-0.4, -0.2) is 44.2 Å². The summed E-state index contributed by atoms with van der Waals surface area (Å²) in [5.74, 6) is 1.44. The molecular weight excluding hydrogens is 522 g/mol. The second-order valence-corrected chi connectivity index (χ2v) is 10.6. The number of carbonyl (C=O) groups is 1. The van der Waals surface area contributed by atoms with Gasteiger partial charge in [-0.15, -0.1) is 0 Å². The topological polar surface area (TPSA) is 112 Å². The maximum Gasteiger partial charge on any atom is 0.407 e. The molecule has 0 aliphatic carbocycles. The van der Waals surface area contributed by atoms with Crippen molar-refractivity contribution < 1.29 is 19.0 Å². The van der Waals surface area contributed by atoms with Crippen LogP contribution < -0.4 is 20.5 Å². The van der Waals surface area contributed by atoms with Crippen LogP contribution in [0.1, 0.15) is 26.3 Å². The van der Waals surface area contributed by atoms with Crippen molar-refractivity contribution in [3.63, 3.8) is 0 Å². The maximum absolute atomic E-state index is 13.0. The Kier molecular flexibility index (Phi) is 7.82. The van der Waals surface area contributed by atoms with Gasteiger partial charge in [-0.25, -0.2) is 19.3 Å². The van der Waals surface area contributed by atoms with Crippen LogP contribution in [0.2, 0.25) is 0 Å². The number of hydrogen-bond donors (Lipinski definition) is 2. The van der Waals surface area contributed by atoms with E-state index < -0.39 is 11.7 Å². The van der Waals surface area contributed by atoms with Gasteiger partial charge in [-0.2, -0.15) is 5.10 Å². The fraction of sp³-hybridized carbons (Fsp3) is 0.258. The number of carbonyl (C=O) groups excluding carboxylic acids is 1. The monoisotopic (exact) mass is 555 g/mol. The highest BCUT2D eigenvalue weighted by molar-refractivity contribution is 5.82. The summed E-state index contributed by atoms with van der Waals surface area (Å²) in [7, 11) is 1.98. The van der Waals surface area contributed by atoms with Crippen molar-refractivity contribution in [2.75, 3.05) is 13.2 Å². The lowest BCUT2D eigenvalue weighted by Gasteiger charge is -2.19. The van der Waals surface area contributed by atoms with Crippen LogP contribution in [0.3, 0.4) is 0 Å². The minimum absolute atomic E-state index is 0.223. The zero-order chi connectivity index (χ0) is 29.0. The molecule has 2 heterocycles. The Labute approximate surface area is 237 Å².